The number of hydrogen-bond donors (Lipinski definition) is 3. The molecule has 3 N–H and O–H groups in total. The highest BCUT2D eigenvalue weighted by molar-refractivity contribution is 7.88. The first-order chi connectivity index (χ1) is 8.48. The quantitative estimate of drug-likeness (QED) is 0.656. The predicted octanol–water partition coefficient (Wildman–Crippen LogP) is -0.0450. The minimum Gasteiger partial charge on any atom is -0.452 e. The lowest BCUT2D eigenvalue weighted by molar-refractivity contribution is 0.177. The summed E-state index contributed by atoms with van der Waals surface area (Å²) in [4.78, 5) is 10.8. The van der Waals surface area contributed by atoms with Crippen molar-refractivity contribution in [2.45, 2.75) is 32.2 Å². The monoisotopic (exact) mass is 279 g/mol. The SMILES string of the molecule is CCC1CCCNC1CNS(=O)(=O)NC(=O)OC. The molecule has 1 heterocycles. The van der Waals surface area contributed by atoms with Gasteiger partial charge in [0.25, 0.3) is 0 Å². The van der Waals surface area contributed by atoms with E-state index in [1.54, 1.807) is 4.72 Å². The molecule has 2 atom stereocenters. The van der Waals surface area contributed by atoms with E-state index in [-0.39, 0.29) is 12.6 Å². The molecule has 106 valence electrons. The predicted molar refractivity (Wildman–Crippen MR) is 67.3 cm³/mol. The molecule has 1 amide bonds. The van der Waals surface area contributed by atoms with Crippen molar-refractivity contribution in [3.05, 3.63) is 0 Å². The van der Waals surface area contributed by atoms with E-state index in [0.717, 1.165) is 32.9 Å². The molecular formula is C10H21N3O4S. The summed E-state index contributed by atoms with van der Waals surface area (Å²) in [6.45, 7) is 3.25. The Hall–Kier alpha value is -0.860. The van der Waals surface area contributed by atoms with Gasteiger partial charge in [-0.25, -0.2) is 9.52 Å². The fourth-order valence-corrected chi connectivity index (χ4v) is 2.91. The van der Waals surface area contributed by atoms with Crippen LogP contribution in [0.25, 0.3) is 0 Å². The van der Waals surface area contributed by atoms with E-state index >= 15 is 0 Å². The molecule has 0 spiro atoms. The van der Waals surface area contributed by atoms with Crippen LogP contribution in [0.3, 0.4) is 0 Å². The summed E-state index contributed by atoms with van der Waals surface area (Å²) in [5, 5.41) is 3.29. The second-order valence-corrected chi connectivity index (χ2v) is 5.82. The lowest BCUT2D eigenvalue weighted by atomic mass is 9.89. The molecule has 1 fully saturated rings. The number of amides is 1. The molecule has 0 bridgehead atoms. The number of piperidine rings is 1. The molecule has 2 unspecified atom stereocenters. The first-order valence-corrected chi connectivity index (χ1v) is 7.55. The van der Waals surface area contributed by atoms with E-state index in [1.165, 1.54) is 0 Å². The first-order valence-electron chi connectivity index (χ1n) is 6.07. The Morgan fingerprint density at radius 1 is 1.50 bits per heavy atom. The van der Waals surface area contributed by atoms with Crippen LogP contribution in [-0.4, -0.2) is 40.8 Å². The van der Waals surface area contributed by atoms with Gasteiger partial charge in [0.1, 0.15) is 0 Å². The summed E-state index contributed by atoms with van der Waals surface area (Å²) in [6.07, 6.45) is 2.22. The Labute approximate surface area is 108 Å². The molecule has 18 heavy (non-hydrogen) atoms. The summed E-state index contributed by atoms with van der Waals surface area (Å²) in [5.41, 5.74) is 0. The zero-order valence-electron chi connectivity index (χ0n) is 10.7. The minimum absolute atomic E-state index is 0.109. The molecule has 0 aromatic rings. The van der Waals surface area contributed by atoms with Crippen molar-refractivity contribution in [3.63, 3.8) is 0 Å². The van der Waals surface area contributed by atoms with Crippen molar-refractivity contribution in [3.8, 4) is 0 Å². The third kappa shape index (κ3) is 4.79. The normalized spacial score (nSPS) is 24.6. The Morgan fingerprint density at radius 3 is 2.83 bits per heavy atom. The maximum atomic E-state index is 11.5. The fourth-order valence-electron chi connectivity index (χ4n) is 2.13. The molecule has 0 radical (unpaired) electrons. The highest BCUT2D eigenvalue weighted by Crippen LogP contribution is 2.19. The van der Waals surface area contributed by atoms with Crippen molar-refractivity contribution in [2.24, 2.45) is 5.92 Å². The molecule has 1 aliphatic heterocycles. The van der Waals surface area contributed by atoms with Crippen LogP contribution in [0.5, 0.6) is 0 Å². The number of methoxy groups -OCH3 is 1. The zero-order valence-corrected chi connectivity index (χ0v) is 11.5. The lowest BCUT2D eigenvalue weighted by Crippen LogP contribution is -2.51. The van der Waals surface area contributed by atoms with Gasteiger partial charge in [-0.1, -0.05) is 13.3 Å². The van der Waals surface area contributed by atoms with Gasteiger partial charge >= 0.3 is 16.3 Å². The van der Waals surface area contributed by atoms with Crippen LogP contribution in [0, 0.1) is 5.92 Å². The number of nitrogens with one attached hydrogen (secondary N) is 3. The largest absolute Gasteiger partial charge is 0.452 e. The summed E-state index contributed by atoms with van der Waals surface area (Å²) in [7, 11) is -2.73. The Bertz CT molecular complexity index is 371. The van der Waals surface area contributed by atoms with Crippen molar-refractivity contribution in [2.75, 3.05) is 20.2 Å². The van der Waals surface area contributed by atoms with Crippen LogP contribution in [-0.2, 0) is 14.9 Å². The van der Waals surface area contributed by atoms with Gasteiger partial charge in [0, 0.05) is 12.6 Å². The van der Waals surface area contributed by atoms with E-state index in [1.807, 2.05) is 0 Å². The van der Waals surface area contributed by atoms with E-state index < -0.39 is 16.3 Å². The van der Waals surface area contributed by atoms with Gasteiger partial charge in [0.15, 0.2) is 0 Å². The third-order valence-electron chi connectivity index (χ3n) is 3.15. The molecule has 8 heteroatoms. The van der Waals surface area contributed by atoms with E-state index in [4.69, 9.17) is 0 Å². The third-order valence-corrected chi connectivity index (χ3v) is 4.13. The van der Waals surface area contributed by atoms with Crippen molar-refractivity contribution in [1.29, 1.82) is 0 Å². The van der Waals surface area contributed by atoms with E-state index in [2.05, 4.69) is 21.7 Å². The van der Waals surface area contributed by atoms with Crippen LogP contribution >= 0.6 is 0 Å². The van der Waals surface area contributed by atoms with Crippen LogP contribution in [0.2, 0.25) is 0 Å². The Kier molecular flexibility index (Phi) is 5.83. The topological polar surface area (TPSA) is 96.5 Å². The standard InChI is InChI=1S/C10H21N3O4S/c1-3-8-5-4-6-11-9(8)7-12-18(15,16)13-10(14)17-2/h8-9,11-12H,3-7H2,1-2H3,(H,13,14). The maximum Gasteiger partial charge on any atom is 0.421 e. The number of hydrogen-bond acceptors (Lipinski definition) is 5. The number of rotatable bonds is 5. The van der Waals surface area contributed by atoms with Gasteiger partial charge < -0.3 is 10.1 Å². The average Bonchev–Trinajstić information content (AvgIpc) is 2.36. The minimum atomic E-state index is -3.84. The van der Waals surface area contributed by atoms with Crippen LogP contribution in [0.4, 0.5) is 4.79 Å². The molecule has 1 rings (SSSR count). The average molecular weight is 279 g/mol. The van der Waals surface area contributed by atoms with E-state index in [0.29, 0.717) is 5.92 Å². The van der Waals surface area contributed by atoms with Gasteiger partial charge in [-0.15, -0.1) is 0 Å². The molecule has 1 saturated heterocycles. The van der Waals surface area contributed by atoms with Gasteiger partial charge in [-0.2, -0.15) is 13.1 Å². The molecule has 1 aliphatic rings. The lowest BCUT2D eigenvalue weighted by Gasteiger charge is -2.32. The summed E-state index contributed by atoms with van der Waals surface area (Å²) in [6, 6.07) is 0.109. The van der Waals surface area contributed by atoms with Crippen molar-refractivity contribution in [1.82, 2.24) is 14.8 Å². The van der Waals surface area contributed by atoms with Crippen LogP contribution < -0.4 is 14.8 Å². The first kappa shape index (κ1) is 15.2. The van der Waals surface area contributed by atoms with Crippen LogP contribution in [0.15, 0.2) is 0 Å². The maximum absolute atomic E-state index is 11.5. The van der Waals surface area contributed by atoms with Gasteiger partial charge in [0.05, 0.1) is 7.11 Å². The molecule has 0 aromatic heterocycles. The number of carbonyl (C=O) groups excluding carboxylic acids is 1. The van der Waals surface area contributed by atoms with Gasteiger partial charge in [-0.05, 0) is 25.3 Å². The van der Waals surface area contributed by atoms with Crippen molar-refractivity contribution < 1.29 is 17.9 Å². The zero-order chi connectivity index (χ0) is 13.6. The van der Waals surface area contributed by atoms with Crippen molar-refractivity contribution >= 4 is 16.3 Å². The summed E-state index contributed by atoms with van der Waals surface area (Å²) in [5.74, 6) is 0.458. The second-order valence-electron chi connectivity index (χ2n) is 4.32. The van der Waals surface area contributed by atoms with Crippen LogP contribution in [0.1, 0.15) is 26.2 Å². The second kappa shape index (κ2) is 6.91. The van der Waals surface area contributed by atoms with E-state index in [9.17, 15) is 13.2 Å². The molecular weight excluding hydrogens is 258 g/mol. The highest BCUT2D eigenvalue weighted by atomic mass is 32.2. The number of carbonyl (C=O) groups is 1. The smallest absolute Gasteiger partial charge is 0.421 e. The summed E-state index contributed by atoms with van der Waals surface area (Å²) < 4.78 is 31.3. The fraction of sp³-hybridized carbons (Fsp3) is 0.900. The van der Waals surface area contributed by atoms with Gasteiger partial charge in [-0.3, -0.25) is 0 Å². The molecule has 0 aromatic carbocycles. The molecule has 0 saturated carbocycles. The Balaban J connectivity index is 2.45. The summed E-state index contributed by atoms with van der Waals surface area (Å²) >= 11 is 0. The number of ether oxygens (including phenoxy) is 1. The highest BCUT2D eigenvalue weighted by Gasteiger charge is 2.25. The molecule has 0 aliphatic carbocycles. The molecule has 7 nitrogen and oxygen atoms in total. The Morgan fingerprint density at radius 2 is 2.22 bits per heavy atom. The van der Waals surface area contributed by atoms with Gasteiger partial charge in [0.2, 0.25) is 0 Å².